The summed E-state index contributed by atoms with van der Waals surface area (Å²) in [6.07, 6.45) is -12.5. The summed E-state index contributed by atoms with van der Waals surface area (Å²) in [4.78, 5) is 11.1. The van der Waals surface area contributed by atoms with E-state index in [1.807, 2.05) is 0 Å². The van der Waals surface area contributed by atoms with Gasteiger partial charge >= 0.3 is 5.97 Å². The van der Waals surface area contributed by atoms with E-state index in [1.54, 1.807) is 0 Å². The Kier molecular flexibility index (Phi) is 9.05. The summed E-state index contributed by atoms with van der Waals surface area (Å²) in [6.45, 7) is 0.110. The highest BCUT2D eigenvalue weighted by molar-refractivity contribution is 8.01. The molecule has 170 valence electrons. The molecule has 0 aromatic carbocycles. The van der Waals surface area contributed by atoms with Gasteiger partial charge < -0.3 is 54.7 Å². The van der Waals surface area contributed by atoms with Gasteiger partial charge in [0.2, 0.25) is 0 Å². The summed E-state index contributed by atoms with van der Waals surface area (Å²) >= 11 is 0.758. The summed E-state index contributed by atoms with van der Waals surface area (Å²) in [7, 11) is 1.24. The molecule has 29 heavy (non-hydrogen) atoms. The predicted octanol–water partition coefficient (Wildman–Crippen LogP) is -3.53. The van der Waals surface area contributed by atoms with E-state index in [0.29, 0.717) is 0 Å². The molecular weight excluding hydrogens is 416 g/mol. The van der Waals surface area contributed by atoms with Crippen molar-refractivity contribution < 1.29 is 59.5 Å². The molecule has 1 unspecified atom stereocenters. The molecule has 2 fully saturated rings. The Balaban J connectivity index is 2.19. The second kappa shape index (κ2) is 10.6. The van der Waals surface area contributed by atoms with Crippen LogP contribution in [0.25, 0.3) is 0 Å². The monoisotopic (exact) mass is 444 g/mol. The molecule has 0 aliphatic carbocycles. The van der Waals surface area contributed by atoms with Gasteiger partial charge in [0, 0.05) is 7.11 Å². The first-order chi connectivity index (χ1) is 13.7. The lowest BCUT2D eigenvalue weighted by atomic mass is 9.98. The number of hydrogen-bond donors (Lipinski definition) is 7. The van der Waals surface area contributed by atoms with Crippen LogP contribution in [0.2, 0.25) is 0 Å². The van der Waals surface area contributed by atoms with Gasteiger partial charge in [-0.2, -0.15) is 0 Å². The van der Waals surface area contributed by atoms with E-state index in [0.717, 1.165) is 11.8 Å². The molecule has 0 aromatic heterocycles. The van der Waals surface area contributed by atoms with E-state index in [1.165, 1.54) is 14.0 Å². The number of aliphatic carboxylic acids is 1. The topological polar surface area (TPSA) is 196 Å². The summed E-state index contributed by atoms with van der Waals surface area (Å²) in [6, 6.07) is 0. The zero-order valence-electron chi connectivity index (χ0n) is 15.8. The maximum Gasteiger partial charge on any atom is 0.316 e. The van der Waals surface area contributed by atoms with E-state index >= 15 is 0 Å². The Morgan fingerprint density at radius 3 is 2.07 bits per heavy atom. The molecule has 0 bridgehead atoms. The Morgan fingerprint density at radius 1 is 0.966 bits per heavy atom. The highest BCUT2D eigenvalue weighted by Gasteiger charge is 2.51. The normalized spacial score (nSPS) is 44.4. The third-order valence-electron chi connectivity index (χ3n) is 4.88. The number of aliphatic hydroxyl groups is 6. The van der Waals surface area contributed by atoms with E-state index in [4.69, 9.17) is 24.1 Å². The van der Waals surface area contributed by atoms with Crippen LogP contribution in [0.15, 0.2) is 0 Å². The van der Waals surface area contributed by atoms with Crippen LogP contribution in [0.3, 0.4) is 0 Å². The first-order valence-corrected chi connectivity index (χ1v) is 9.91. The number of hydrogen-bond acceptors (Lipinski definition) is 12. The maximum absolute atomic E-state index is 11.1. The molecule has 2 saturated heterocycles. The molecular formula is C16H28O12S. The Hall–Kier alpha value is -0.580. The average molecular weight is 444 g/mol. The van der Waals surface area contributed by atoms with Crippen molar-refractivity contribution in [2.45, 2.75) is 72.7 Å². The van der Waals surface area contributed by atoms with E-state index < -0.39 is 85.0 Å². The number of aliphatic hydroxyl groups excluding tert-OH is 6. The maximum atomic E-state index is 11.1. The lowest BCUT2D eigenvalue weighted by Crippen LogP contribution is -2.64. The molecule has 2 heterocycles. The molecule has 7 N–H and O–H groups in total. The van der Waals surface area contributed by atoms with Crippen molar-refractivity contribution in [2.24, 2.45) is 0 Å². The van der Waals surface area contributed by atoms with Gasteiger partial charge in [-0.1, -0.05) is 0 Å². The summed E-state index contributed by atoms with van der Waals surface area (Å²) in [5.41, 5.74) is 0. The van der Waals surface area contributed by atoms with Crippen LogP contribution in [-0.2, 0) is 23.7 Å². The summed E-state index contributed by atoms with van der Waals surface area (Å²) in [5, 5.41) is 67.4. The smallest absolute Gasteiger partial charge is 0.316 e. The fourth-order valence-electron chi connectivity index (χ4n) is 3.19. The van der Waals surface area contributed by atoms with Gasteiger partial charge in [0.05, 0.1) is 29.8 Å². The average Bonchev–Trinajstić information content (AvgIpc) is 2.70. The number of carboxylic acid groups (broad SMARTS) is 1. The van der Waals surface area contributed by atoms with Crippen LogP contribution >= 0.6 is 11.8 Å². The largest absolute Gasteiger partial charge is 0.480 e. The van der Waals surface area contributed by atoms with Crippen molar-refractivity contribution in [3.63, 3.8) is 0 Å². The lowest BCUT2D eigenvalue weighted by Gasteiger charge is -2.46. The zero-order valence-corrected chi connectivity index (χ0v) is 16.7. The summed E-state index contributed by atoms with van der Waals surface area (Å²) in [5.74, 6) is -1.16. The molecule has 0 saturated carbocycles. The number of carboxylic acids is 1. The highest BCUT2D eigenvalue weighted by Crippen LogP contribution is 2.35. The van der Waals surface area contributed by atoms with Gasteiger partial charge in [-0.05, 0) is 6.92 Å². The van der Waals surface area contributed by atoms with Crippen LogP contribution in [0.4, 0.5) is 0 Å². The first kappa shape index (κ1) is 24.7. The number of methoxy groups -OCH3 is 1. The van der Waals surface area contributed by atoms with Crippen molar-refractivity contribution in [3.8, 4) is 0 Å². The van der Waals surface area contributed by atoms with Crippen LogP contribution in [0.1, 0.15) is 6.92 Å². The van der Waals surface area contributed by atoms with Gasteiger partial charge in [-0.25, -0.2) is 0 Å². The zero-order chi connectivity index (χ0) is 21.9. The SMILES string of the molecule is CO[C@@H]1O[C@H](CO)[C@@H](O[C@@H]2O[C@H](CO)[C@H](O)[C@H](SC(C)C(=O)O)[C@H]2O)[C@H](O)[C@H]1O. The Morgan fingerprint density at radius 2 is 1.55 bits per heavy atom. The van der Waals surface area contributed by atoms with Crippen LogP contribution in [0.5, 0.6) is 0 Å². The van der Waals surface area contributed by atoms with Crippen molar-refractivity contribution in [1.29, 1.82) is 0 Å². The molecule has 0 radical (unpaired) electrons. The third-order valence-corrected chi connectivity index (χ3v) is 6.36. The highest BCUT2D eigenvalue weighted by atomic mass is 32.2. The predicted molar refractivity (Wildman–Crippen MR) is 95.9 cm³/mol. The molecule has 0 aromatic rings. The quantitative estimate of drug-likeness (QED) is 0.195. The first-order valence-electron chi connectivity index (χ1n) is 8.97. The standard InChI is InChI=1S/C16H28O12S/c1-5(14(23)24)29-13-8(19)6(3-17)26-16(11(13)22)28-12-7(4-18)27-15(25-2)10(21)9(12)20/h5-13,15-22H,3-4H2,1-2H3,(H,23,24)/t5?,6-,7-,8+,9-,10-,11-,12-,13+,15-,16+/m1/s1. The minimum absolute atomic E-state index is 0.614. The minimum Gasteiger partial charge on any atom is -0.480 e. The fourth-order valence-corrected chi connectivity index (χ4v) is 4.40. The molecule has 0 spiro atoms. The van der Waals surface area contributed by atoms with E-state index in [2.05, 4.69) is 0 Å². The van der Waals surface area contributed by atoms with E-state index in [-0.39, 0.29) is 0 Å². The lowest BCUT2D eigenvalue weighted by molar-refractivity contribution is -0.345. The molecule has 0 amide bonds. The molecule has 13 heteroatoms. The second-order valence-electron chi connectivity index (χ2n) is 6.83. The van der Waals surface area contributed by atoms with Gasteiger partial charge in [0.25, 0.3) is 0 Å². The second-order valence-corrected chi connectivity index (χ2v) is 8.35. The molecule has 11 atom stereocenters. The van der Waals surface area contributed by atoms with Crippen LogP contribution < -0.4 is 0 Å². The minimum atomic E-state index is -1.58. The number of thioether (sulfide) groups is 1. The van der Waals surface area contributed by atoms with Gasteiger partial charge in [0.1, 0.15) is 36.6 Å². The van der Waals surface area contributed by atoms with Crippen LogP contribution in [0, 0.1) is 0 Å². The van der Waals surface area contributed by atoms with Crippen molar-refractivity contribution >= 4 is 17.7 Å². The van der Waals surface area contributed by atoms with Crippen molar-refractivity contribution in [3.05, 3.63) is 0 Å². The molecule has 2 aliphatic heterocycles. The van der Waals surface area contributed by atoms with Gasteiger partial charge in [-0.15, -0.1) is 11.8 Å². The van der Waals surface area contributed by atoms with Crippen molar-refractivity contribution in [1.82, 2.24) is 0 Å². The molecule has 2 aliphatic rings. The Bertz CT molecular complexity index is 536. The molecule has 2 rings (SSSR count). The van der Waals surface area contributed by atoms with E-state index in [9.17, 15) is 35.4 Å². The Labute approximate surface area is 171 Å². The fraction of sp³-hybridized carbons (Fsp3) is 0.938. The number of carbonyl (C=O) groups is 1. The summed E-state index contributed by atoms with van der Waals surface area (Å²) < 4.78 is 21.2. The van der Waals surface area contributed by atoms with Crippen LogP contribution in [-0.4, -0.2) is 128 Å². The van der Waals surface area contributed by atoms with Crippen molar-refractivity contribution in [2.75, 3.05) is 20.3 Å². The van der Waals surface area contributed by atoms with Gasteiger partial charge in [0.15, 0.2) is 12.6 Å². The third kappa shape index (κ3) is 5.37. The number of ether oxygens (including phenoxy) is 4. The number of rotatable bonds is 8. The molecule has 12 nitrogen and oxygen atoms in total. The van der Waals surface area contributed by atoms with Gasteiger partial charge in [-0.3, -0.25) is 4.79 Å².